The van der Waals surface area contributed by atoms with E-state index in [1.807, 2.05) is 13.8 Å². The highest BCUT2D eigenvalue weighted by molar-refractivity contribution is 5.86. The molecule has 0 spiro atoms. The van der Waals surface area contributed by atoms with Crippen LogP contribution in [-0.2, 0) is 4.74 Å². The van der Waals surface area contributed by atoms with Crippen molar-refractivity contribution in [1.82, 2.24) is 9.97 Å². The molecular weight excluding hydrogens is 168 g/mol. The Balaban J connectivity index is 2.50. The highest BCUT2D eigenvalue weighted by atomic mass is 16.5. The number of esters is 1. The second-order valence-corrected chi connectivity index (χ2v) is 3.02. The first-order valence-electron chi connectivity index (χ1n) is 4.05. The topological polar surface area (TPSA) is 52.1 Å². The van der Waals surface area contributed by atoms with Gasteiger partial charge in [0.1, 0.15) is 6.20 Å². The molecule has 0 saturated carbocycles. The zero-order chi connectivity index (χ0) is 9.68. The Morgan fingerprint density at radius 2 is 2.46 bits per heavy atom. The second-order valence-electron chi connectivity index (χ2n) is 3.02. The maximum Gasteiger partial charge on any atom is 0.358 e. The van der Waals surface area contributed by atoms with Crippen molar-refractivity contribution in [2.24, 2.45) is 5.92 Å². The minimum absolute atomic E-state index is 0.222. The van der Waals surface area contributed by atoms with E-state index in [0.29, 0.717) is 12.5 Å². The van der Waals surface area contributed by atoms with Gasteiger partial charge in [-0.15, -0.1) is 0 Å². The summed E-state index contributed by atoms with van der Waals surface area (Å²) in [5.41, 5.74) is 0.222. The average Bonchev–Trinajstić information content (AvgIpc) is 2.15. The quantitative estimate of drug-likeness (QED) is 0.652. The van der Waals surface area contributed by atoms with Crippen LogP contribution in [0.25, 0.3) is 0 Å². The Bertz CT molecular complexity index is 272. The van der Waals surface area contributed by atoms with E-state index in [9.17, 15) is 4.79 Å². The average molecular weight is 179 g/mol. The molecule has 13 heavy (non-hydrogen) atoms. The first kappa shape index (κ1) is 9.64. The largest absolute Gasteiger partial charge is 0.461 e. The Morgan fingerprint density at radius 3 is 3.00 bits per heavy atom. The second kappa shape index (κ2) is 4.54. The van der Waals surface area contributed by atoms with Crippen LogP contribution in [0.3, 0.4) is 0 Å². The number of carbonyl (C=O) groups excluding carboxylic acids is 1. The monoisotopic (exact) mass is 179 g/mol. The lowest BCUT2D eigenvalue weighted by molar-refractivity contribution is 0.0451. The molecule has 1 rings (SSSR count). The van der Waals surface area contributed by atoms with Crippen LogP contribution in [0.15, 0.2) is 12.4 Å². The van der Waals surface area contributed by atoms with Crippen molar-refractivity contribution in [3.63, 3.8) is 0 Å². The molecule has 0 N–H and O–H groups in total. The van der Waals surface area contributed by atoms with Crippen LogP contribution >= 0.6 is 0 Å². The zero-order valence-electron chi connectivity index (χ0n) is 7.65. The summed E-state index contributed by atoms with van der Waals surface area (Å²) in [5, 5.41) is 0. The molecule has 0 aliphatic carbocycles. The SMILES string of the molecule is CC(C)COC(=O)c1cn[c]cn1. The third kappa shape index (κ3) is 3.19. The van der Waals surface area contributed by atoms with Gasteiger partial charge in [0.2, 0.25) is 0 Å². The lowest BCUT2D eigenvalue weighted by atomic mass is 10.2. The van der Waals surface area contributed by atoms with Crippen molar-refractivity contribution in [2.45, 2.75) is 13.8 Å². The number of ether oxygens (including phenoxy) is 1. The third-order valence-corrected chi connectivity index (χ3v) is 1.28. The van der Waals surface area contributed by atoms with Crippen LogP contribution in [0.4, 0.5) is 0 Å². The van der Waals surface area contributed by atoms with Crippen molar-refractivity contribution in [3.8, 4) is 0 Å². The molecule has 0 saturated heterocycles. The van der Waals surface area contributed by atoms with Crippen LogP contribution in [0.1, 0.15) is 24.3 Å². The van der Waals surface area contributed by atoms with E-state index in [1.165, 1.54) is 12.4 Å². The summed E-state index contributed by atoms with van der Waals surface area (Å²) < 4.78 is 4.93. The smallest absolute Gasteiger partial charge is 0.358 e. The molecule has 0 unspecified atom stereocenters. The maximum absolute atomic E-state index is 11.2. The maximum atomic E-state index is 11.2. The van der Waals surface area contributed by atoms with Crippen molar-refractivity contribution in [3.05, 3.63) is 24.3 Å². The van der Waals surface area contributed by atoms with Gasteiger partial charge in [-0.3, -0.25) is 4.98 Å². The number of nitrogens with zero attached hydrogens (tertiary/aromatic N) is 2. The van der Waals surface area contributed by atoms with Crippen LogP contribution in [0, 0.1) is 12.1 Å². The Labute approximate surface area is 77.0 Å². The van der Waals surface area contributed by atoms with Gasteiger partial charge in [0, 0.05) is 0 Å². The summed E-state index contributed by atoms with van der Waals surface area (Å²) in [5.74, 6) is -0.109. The number of carbonyl (C=O) groups is 1. The number of hydrogen-bond acceptors (Lipinski definition) is 4. The summed E-state index contributed by atoms with van der Waals surface area (Å²) >= 11 is 0. The highest BCUT2D eigenvalue weighted by Gasteiger charge is 2.08. The molecule has 0 atom stereocenters. The Morgan fingerprint density at radius 1 is 1.69 bits per heavy atom. The molecule has 0 aliphatic heterocycles. The van der Waals surface area contributed by atoms with E-state index in [1.54, 1.807) is 0 Å². The van der Waals surface area contributed by atoms with Gasteiger partial charge < -0.3 is 4.74 Å². The number of aromatic nitrogens is 2. The Kier molecular flexibility index (Phi) is 3.37. The van der Waals surface area contributed by atoms with Crippen molar-refractivity contribution in [1.29, 1.82) is 0 Å². The van der Waals surface area contributed by atoms with Crippen molar-refractivity contribution in [2.75, 3.05) is 6.61 Å². The van der Waals surface area contributed by atoms with Crippen LogP contribution in [0.2, 0.25) is 0 Å². The third-order valence-electron chi connectivity index (χ3n) is 1.28. The summed E-state index contributed by atoms with van der Waals surface area (Å²) in [6.45, 7) is 4.34. The first-order valence-corrected chi connectivity index (χ1v) is 4.05. The van der Waals surface area contributed by atoms with E-state index in [0.717, 1.165) is 0 Å². The summed E-state index contributed by atoms with van der Waals surface area (Å²) in [7, 11) is 0. The van der Waals surface area contributed by atoms with Crippen LogP contribution in [-0.4, -0.2) is 22.5 Å². The molecule has 4 heteroatoms. The molecular formula is C9H11N2O2. The van der Waals surface area contributed by atoms with Gasteiger partial charge >= 0.3 is 5.97 Å². The van der Waals surface area contributed by atoms with E-state index < -0.39 is 5.97 Å². The summed E-state index contributed by atoms with van der Waals surface area (Å²) in [4.78, 5) is 18.6. The number of hydrogen-bond donors (Lipinski definition) is 0. The van der Waals surface area contributed by atoms with Gasteiger partial charge in [0.25, 0.3) is 0 Å². The molecule has 1 radical (unpaired) electrons. The molecule has 0 fully saturated rings. The summed E-state index contributed by atoms with van der Waals surface area (Å²) in [6, 6.07) is 0. The van der Waals surface area contributed by atoms with Gasteiger partial charge in [-0.1, -0.05) is 13.8 Å². The van der Waals surface area contributed by atoms with Gasteiger partial charge in [-0.05, 0) is 5.92 Å². The van der Waals surface area contributed by atoms with E-state index in [2.05, 4.69) is 16.2 Å². The van der Waals surface area contributed by atoms with Crippen LogP contribution < -0.4 is 0 Å². The molecule has 4 nitrogen and oxygen atoms in total. The van der Waals surface area contributed by atoms with E-state index in [-0.39, 0.29) is 5.69 Å². The predicted octanol–water partition coefficient (Wildman–Crippen LogP) is 1.09. The van der Waals surface area contributed by atoms with Crippen molar-refractivity contribution < 1.29 is 9.53 Å². The molecule has 1 aromatic heterocycles. The molecule has 0 aromatic carbocycles. The van der Waals surface area contributed by atoms with E-state index in [4.69, 9.17) is 4.74 Å². The van der Waals surface area contributed by atoms with Gasteiger partial charge in [0.05, 0.1) is 19.0 Å². The molecule has 0 aliphatic rings. The van der Waals surface area contributed by atoms with E-state index >= 15 is 0 Å². The molecule has 1 aromatic rings. The fourth-order valence-corrected chi connectivity index (χ4v) is 0.685. The lowest BCUT2D eigenvalue weighted by Crippen LogP contribution is -2.11. The minimum Gasteiger partial charge on any atom is -0.461 e. The predicted molar refractivity (Wildman–Crippen MR) is 46.0 cm³/mol. The fraction of sp³-hybridized carbons (Fsp3) is 0.444. The number of rotatable bonds is 3. The molecule has 69 valence electrons. The lowest BCUT2D eigenvalue weighted by Gasteiger charge is -2.05. The minimum atomic E-state index is -0.435. The molecule has 0 amide bonds. The van der Waals surface area contributed by atoms with Crippen molar-refractivity contribution >= 4 is 5.97 Å². The fourth-order valence-electron chi connectivity index (χ4n) is 0.685. The van der Waals surface area contributed by atoms with Crippen LogP contribution in [0.5, 0.6) is 0 Å². The zero-order valence-corrected chi connectivity index (χ0v) is 7.65. The summed E-state index contributed by atoms with van der Waals surface area (Å²) in [6.07, 6.45) is 5.16. The van der Waals surface area contributed by atoms with Gasteiger partial charge in [0.15, 0.2) is 5.69 Å². The normalized spacial score (nSPS) is 10.1. The molecule has 0 bridgehead atoms. The molecule has 1 heterocycles. The standard InChI is InChI=1S/C9H11N2O2/c1-7(2)6-13-9(12)8-5-10-3-4-11-8/h4-5,7H,6H2,1-2H3. The Hall–Kier alpha value is -1.45. The van der Waals surface area contributed by atoms with Gasteiger partial charge in [-0.2, -0.15) is 0 Å². The van der Waals surface area contributed by atoms with Gasteiger partial charge in [-0.25, -0.2) is 9.78 Å². The highest BCUT2D eigenvalue weighted by Crippen LogP contribution is 1.98. The first-order chi connectivity index (χ1) is 6.20.